The normalized spacial score (nSPS) is 17.1. The molecular formula is C24H27N3O5S. The largest absolute Gasteiger partial charge is 0.496 e. The molecule has 1 aromatic heterocycles. The number of rotatable bonds is 6. The Morgan fingerprint density at radius 1 is 1.21 bits per heavy atom. The van der Waals surface area contributed by atoms with Gasteiger partial charge in [0.05, 0.1) is 17.6 Å². The van der Waals surface area contributed by atoms with Crippen LogP contribution in [-0.4, -0.2) is 43.8 Å². The van der Waals surface area contributed by atoms with Crippen molar-refractivity contribution in [3.8, 4) is 5.75 Å². The van der Waals surface area contributed by atoms with Crippen molar-refractivity contribution in [2.75, 3.05) is 20.2 Å². The van der Waals surface area contributed by atoms with E-state index in [1.807, 2.05) is 25.1 Å². The number of sulfonamides is 1. The number of pyridine rings is 1. The number of para-hydroxylation sites is 1. The topological polar surface area (TPSA) is 109 Å². The molecule has 0 aliphatic carbocycles. The van der Waals surface area contributed by atoms with Gasteiger partial charge in [0.1, 0.15) is 5.75 Å². The van der Waals surface area contributed by atoms with E-state index >= 15 is 0 Å². The lowest BCUT2D eigenvalue weighted by molar-refractivity contribution is 0.0952. The number of amides is 1. The monoisotopic (exact) mass is 469 g/mol. The van der Waals surface area contributed by atoms with Gasteiger partial charge in [-0.1, -0.05) is 25.1 Å². The van der Waals surface area contributed by atoms with E-state index in [4.69, 9.17) is 4.74 Å². The average Bonchev–Trinajstić information content (AvgIpc) is 2.81. The van der Waals surface area contributed by atoms with E-state index in [1.165, 1.54) is 28.6 Å². The molecule has 1 fully saturated rings. The summed E-state index contributed by atoms with van der Waals surface area (Å²) in [5.74, 6) is 0.456. The highest BCUT2D eigenvalue weighted by Crippen LogP contribution is 2.26. The lowest BCUT2D eigenvalue weighted by atomic mass is 10.0. The van der Waals surface area contributed by atoms with Gasteiger partial charge in [-0.2, -0.15) is 4.31 Å². The lowest BCUT2D eigenvalue weighted by Crippen LogP contribution is -2.39. The lowest BCUT2D eigenvalue weighted by Gasteiger charge is -2.30. The number of methoxy groups -OCH3 is 1. The highest BCUT2D eigenvalue weighted by atomic mass is 32.2. The zero-order chi connectivity index (χ0) is 23.6. The number of carbonyl (C=O) groups is 1. The first-order valence-corrected chi connectivity index (χ1v) is 12.3. The smallest absolute Gasteiger partial charge is 0.252 e. The van der Waals surface area contributed by atoms with Crippen molar-refractivity contribution in [2.45, 2.75) is 31.2 Å². The first-order valence-electron chi connectivity index (χ1n) is 10.9. The molecule has 33 heavy (non-hydrogen) atoms. The third-order valence-corrected chi connectivity index (χ3v) is 7.81. The average molecular weight is 470 g/mol. The second-order valence-electron chi connectivity index (χ2n) is 8.36. The maximum Gasteiger partial charge on any atom is 0.252 e. The molecule has 4 rings (SSSR count). The molecular weight excluding hydrogens is 442 g/mol. The van der Waals surface area contributed by atoms with E-state index in [0.29, 0.717) is 35.7 Å². The first kappa shape index (κ1) is 23.0. The fourth-order valence-corrected chi connectivity index (χ4v) is 5.84. The van der Waals surface area contributed by atoms with Gasteiger partial charge in [0.2, 0.25) is 15.6 Å². The van der Waals surface area contributed by atoms with Gasteiger partial charge in [-0.3, -0.25) is 9.59 Å². The van der Waals surface area contributed by atoms with Crippen LogP contribution in [0, 0.1) is 5.92 Å². The molecule has 1 saturated heterocycles. The molecule has 1 atom stereocenters. The van der Waals surface area contributed by atoms with E-state index in [0.717, 1.165) is 18.4 Å². The van der Waals surface area contributed by atoms with Crippen LogP contribution in [0.4, 0.5) is 0 Å². The number of ether oxygens (including phenoxy) is 1. The summed E-state index contributed by atoms with van der Waals surface area (Å²) in [6.07, 6.45) is 1.82. The third kappa shape index (κ3) is 4.79. The van der Waals surface area contributed by atoms with Crippen LogP contribution in [0.3, 0.4) is 0 Å². The highest BCUT2D eigenvalue weighted by molar-refractivity contribution is 7.89. The van der Waals surface area contributed by atoms with Crippen molar-refractivity contribution >= 4 is 26.8 Å². The minimum absolute atomic E-state index is 0.106. The predicted octanol–water partition coefficient (Wildman–Crippen LogP) is 2.89. The number of benzene rings is 2. The molecule has 0 saturated carbocycles. The van der Waals surface area contributed by atoms with Crippen LogP contribution in [0.1, 0.15) is 35.7 Å². The van der Waals surface area contributed by atoms with Crippen molar-refractivity contribution in [3.05, 3.63) is 70.0 Å². The maximum atomic E-state index is 13.2. The standard InChI is InChI=1S/C24H27N3O5S/c1-16-6-5-11-27(15-16)33(30,31)18-9-10-21-19(12-18)20(13-23(28)26-21)24(29)25-14-17-7-3-4-8-22(17)32-2/h3-4,7-10,12-13,16H,5-6,11,14-15H2,1-2H3,(H,25,29)(H,26,28)/t16-/m0/s1. The third-order valence-electron chi connectivity index (χ3n) is 5.95. The SMILES string of the molecule is COc1ccccc1CNC(=O)c1cc(=O)[nH]c2ccc(S(=O)(=O)N3CCC[C@H](C)C3)cc12. The van der Waals surface area contributed by atoms with Gasteiger partial charge >= 0.3 is 0 Å². The van der Waals surface area contributed by atoms with Gasteiger partial charge in [-0.25, -0.2) is 8.42 Å². The van der Waals surface area contributed by atoms with Crippen molar-refractivity contribution in [3.63, 3.8) is 0 Å². The Hall–Kier alpha value is -3.17. The van der Waals surface area contributed by atoms with Gasteiger partial charge < -0.3 is 15.0 Å². The van der Waals surface area contributed by atoms with Crippen LogP contribution in [0.15, 0.2) is 58.2 Å². The summed E-state index contributed by atoms with van der Waals surface area (Å²) >= 11 is 0. The Bertz CT molecular complexity index is 1350. The van der Waals surface area contributed by atoms with Crippen molar-refractivity contribution in [1.29, 1.82) is 0 Å². The molecule has 0 spiro atoms. The fraction of sp³-hybridized carbons (Fsp3) is 0.333. The molecule has 0 unspecified atom stereocenters. The number of nitrogens with one attached hydrogen (secondary N) is 2. The number of aromatic amines is 1. The molecule has 1 amide bonds. The van der Waals surface area contributed by atoms with Gasteiger partial charge in [0.25, 0.3) is 5.91 Å². The Morgan fingerprint density at radius 2 is 2.00 bits per heavy atom. The zero-order valence-electron chi connectivity index (χ0n) is 18.6. The number of aromatic nitrogens is 1. The van der Waals surface area contributed by atoms with E-state index in [2.05, 4.69) is 10.3 Å². The molecule has 9 heteroatoms. The molecule has 0 bridgehead atoms. The summed E-state index contributed by atoms with van der Waals surface area (Å²) in [6, 6.07) is 13.0. The molecule has 2 N–H and O–H groups in total. The van der Waals surface area contributed by atoms with E-state index in [-0.39, 0.29) is 17.0 Å². The van der Waals surface area contributed by atoms with Crippen LogP contribution in [0.2, 0.25) is 0 Å². The molecule has 0 radical (unpaired) electrons. The van der Waals surface area contributed by atoms with Gasteiger partial charge in [0.15, 0.2) is 0 Å². The Labute approximate surface area is 192 Å². The summed E-state index contributed by atoms with van der Waals surface area (Å²) in [5.41, 5.74) is 0.860. The molecule has 8 nitrogen and oxygen atoms in total. The van der Waals surface area contributed by atoms with Crippen LogP contribution in [0.5, 0.6) is 5.75 Å². The minimum atomic E-state index is -3.71. The Kier molecular flexibility index (Phi) is 6.53. The quantitative estimate of drug-likeness (QED) is 0.577. The first-order chi connectivity index (χ1) is 15.8. The Balaban J connectivity index is 1.68. The number of H-pyrrole nitrogens is 1. The summed E-state index contributed by atoms with van der Waals surface area (Å²) < 4.78 is 33.3. The number of nitrogens with zero attached hydrogens (tertiary/aromatic N) is 1. The van der Waals surface area contributed by atoms with Gasteiger partial charge in [0, 0.05) is 42.2 Å². The van der Waals surface area contributed by atoms with Gasteiger partial charge in [-0.05, 0) is 43.0 Å². The van der Waals surface area contributed by atoms with Crippen molar-refractivity contribution in [2.24, 2.45) is 5.92 Å². The van der Waals surface area contributed by atoms with Crippen LogP contribution >= 0.6 is 0 Å². The summed E-state index contributed by atoms with van der Waals surface area (Å²) in [7, 11) is -2.16. The molecule has 174 valence electrons. The fourth-order valence-electron chi connectivity index (χ4n) is 4.21. The second-order valence-corrected chi connectivity index (χ2v) is 10.3. The number of piperidine rings is 1. The van der Waals surface area contributed by atoms with Crippen LogP contribution in [-0.2, 0) is 16.6 Å². The molecule has 1 aliphatic heterocycles. The van der Waals surface area contributed by atoms with E-state index in [1.54, 1.807) is 13.2 Å². The van der Waals surface area contributed by atoms with Gasteiger partial charge in [-0.15, -0.1) is 0 Å². The van der Waals surface area contributed by atoms with E-state index in [9.17, 15) is 18.0 Å². The second kappa shape index (κ2) is 9.36. The summed E-state index contributed by atoms with van der Waals surface area (Å²) in [5, 5.41) is 3.18. The number of hydrogen-bond acceptors (Lipinski definition) is 5. The van der Waals surface area contributed by atoms with Crippen LogP contribution < -0.4 is 15.6 Å². The Morgan fingerprint density at radius 3 is 2.76 bits per heavy atom. The zero-order valence-corrected chi connectivity index (χ0v) is 19.4. The molecule has 2 heterocycles. The van der Waals surface area contributed by atoms with Crippen molar-refractivity contribution < 1.29 is 17.9 Å². The maximum absolute atomic E-state index is 13.2. The molecule has 1 aliphatic rings. The van der Waals surface area contributed by atoms with Crippen molar-refractivity contribution in [1.82, 2.24) is 14.6 Å². The number of carbonyl (C=O) groups excluding carboxylic acids is 1. The molecule has 2 aromatic carbocycles. The summed E-state index contributed by atoms with van der Waals surface area (Å²) in [6.45, 7) is 3.18. The summed E-state index contributed by atoms with van der Waals surface area (Å²) in [4.78, 5) is 28.0. The minimum Gasteiger partial charge on any atom is -0.496 e. The molecule has 3 aromatic rings. The van der Waals surface area contributed by atoms with E-state index < -0.39 is 21.5 Å². The number of hydrogen-bond donors (Lipinski definition) is 2. The van der Waals surface area contributed by atoms with Crippen LogP contribution in [0.25, 0.3) is 10.9 Å². The predicted molar refractivity (Wildman–Crippen MR) is 126 cm³/mol. The highest BCUT2D eigenvalue weighted by Gasteiger charge is 2.29. The number of fused-ring (bicyclic) bond motifs is 1.